The molecule has 0 fully saturated rings. The van der Waals surface area contributed by atoms with Crippen molar-refractivity contribution in [1.82, 2.24) is 4.57 Å². The van der Waals surface area contributed by atoms with Gasteiger partial charge in [-0.1, -0.05) is 13.0 Å². The van der Waals surface area contributed by atoms with Gasteiger partial charge in [-0.25, -0.2) is 0 Å². The molecule has 9 heavy (non-hydrogen) atoms. The molecule has 48 valence electrons. The average Bonchev–Trinajstić information content (AvgIpc) is 2.34. The minimum absolute atomic E-state index is 1.10. The van der Waals surface area contributed by atoms with Crippen LogP contribution in [0.2, 0.25) is 0 Å². The fraction of sp³-hybridized carbons (Fsp3) is 0.250. The molecule has 0 radical (unpaired) electrons. The fourth-order valence-electron chi connectivity index (χ4n) is 0.674. The third-order valence-corrected chi connectivity index (χ3v) is 1.14. The van der Waals surface area contributed by atoms with Crippen LogP contribution in [-0.2, 0) is 0 Å². The van der Waals surface area contributed by atoms with Gasteiger partial charge in [-0.3, -0.25) is 0 Å². The highest BCUT2D eigenvalue weighted by Gasteiger charge is 1.75. The summed E-state index contributed by atoms with van der Waals surface area (Å²) in [6.07, 6.45) is 9.32. The zero-order valence-electron chi connectivity index (χ0n) is 5.62. The third-order valence-electron chi connectivity index (χ3n) is 1.14. The Bertz CT molecular complexity index is 172. The fourth-order valence-corrected chi connectivity index (χ4v) is 0.674. The maximum Gasteiger partial charge on any atom is 0.00823 e. The number of aromatic nitrogens is 1. The molecular formula is C8H11N. The summed E-state index contributed by atoms with van der Waals surface area (Å²) in [6.45, 7) is 2.12. The zero-order chi connectivity index (χ0) is 6.53. The number of allylic oxidation sites excluding steroid dienone is 1. The number of rotatable bonds is 2. The van der Waals surface area contributed by atoms with Gasteiger partial charge in [0, 0.05) is 18.6 Å². The summed E-state index contributed by atoms with van der Waals surface area (Å²) in [6, 6.07) is 4.03. The van der Waals surface area contributed by atoms with Gasteiger partial charge in [-0.15, -0.1) is 0 Å². The van der Waals surface area contributed by atoms with E-state index in [0.29, 0.717) is 0 Å². The summed E-state index contributed by atoms with van der Waals surface area (Å²) in [5.41, 5.74) is 0. The zero-order valence-corrected chi connectivity index (χ0v) is 5.62. The molecule has 1 heterocycles. The van der Waals surface area contributed by atoms with E-state index in [-0.39, 0.29) is 0 Å². The Labute approximate surface area is 55.6 Å². The lowest BCUT2D eigenvalue weighted by Crippen LogP contribution is -1.75. The predicted molar refractivity (Wildman–Crippen MR) is 40.1 cm³/mol. The van der Waals surface area contributed by atoms with E-state index >= 15 is 0 Å². The number of hydrogen-bond donors (Lipinski definition) is 0. The minimum Gasteiger partial charge on any atom is -0.331 e. The quantitative estimate of drug-likeness (QED) is 0.566. The van der Waals surface area contributed by atoms with Gasteiger partial charge in [-0.2, -0.15) is 0 Å². The molecule has 0 aliphatic rings. The monoisotopic (exact) mass is 121 g/mol. The first-order valence-electron chi connectivity index (χ1n) is 3.22. The summed E-state index contributed by atoms with van der Waals surface area (Å²) in [5.74, 6) is 0. The molecular weight excluding hydrogens is 110 g/mol. The minimum atomic E-state index is 1.10. The highest BCUT2D eigenvalue weighted by Crippen LogP contribution is 1.91. The first-order valence-corrected chi connectivity index (χ1v) is 3.22. The maximum atomic E-state index is 2.12. The Morgan fingerprint density at radius 1 is 1.33 bits per heavy atom. The topological polar surface area (TPSA) is 4.93 Å². The normalized spacial score (nSPS) is 10.8. The molecule has 1 heteroatoms. The smallest absolute Gasteiger partial charge is 0.00823 e. The SMILES string of the molecule is CCC=Cn1cccc1. The van der Waals surface area contributed by atoms with E-state index in [9.17, 15) is 0 Å². The predicted octanol–water partition coefficient (Wildman–Crippen LogP) is 2.37. The summed E-state index contributed by atoms with van der Waals surface area (Å²) >= 11 is 0. The van der Waals surface area contributed by atoms with Gasteiger partial charge in [0.05, 0.1) is 0 Å². The van der Waals surface area contributed by atoms with Crippen LogP contribution >= 0.6 is 0 Å². The lowest BCUT2D eigenvalue weighted by Gasteiger charge is -1.87. The molecule has 0 aromatic carbocycles. The second-order valence-electron chi connectivity index (χ2n) is 1.92. The van der Waals surface area contributed by atoms with E-state index in [2.05, 4.69) is 19.2 Å². The molecule has 0 atom stereocenters. The molecule has 0 aliphatic heterocycles. The second-order valence-corrected chi connectivity index (χ2v) is 1.92. The van der Waals surface area contributed by atoms with Gasteiger partial charge in [-0.05, 0) is 18.6 Å². The van der Waals surface area contributed by atoms with Crippen molar-refractivity contribution in [2.45, 2.75) is 13.3 Å². The maximum absolute atomic E-state index is 2.12. The van der Waals surface area contributed by atoms with Crippen molar-refractivity contribution >= 4 is 6.20 Å². The molecule has 1 rings (SSSR count). The molecule has 0 N–H and O–H groups in total. The van der Waals surface area contributed by atoms with Crippen LogP contribution in [0.3, 0.4) is 0 Å². The molecule has 0 spiro atoms. The highest BCUT2D eigenvalue weighted by molar-refractivity contribution is 5.22. The van der Waals surface area contributed by atoms with Gasteiger partial charge >= 0.3 is 0 Å². The van der Waals surface area contributed by atoms with Crippen LogP contribution in [0, 0.1) is 0 Å². The average molecular weight is 121 g/mol. The largest absolute Gasteiger partial charge is 0.331 e. The third kappa shape index (κ3) is 1.76. The number of nitrogens with zero attached hydrogens (tertiary/aromatic N) is 1. The molecule has 0 aliphatic carbocycles. The lowest BCUT2D eigenvalue weighted by atomic mass is 10.5. The van der Waals surface area contributed by atoms with Crippen molar-refractivity contribution in [2.75, 3.05) is 0 Å². The molecule has 0 bridgehead atoms. The van der Waals surface area contributed by atoms with E-state index in [0.717, 1.165) is 6.42 Å². The van der Waals surface area contributed by atoms with E-state index < -0.39 is 0 Å². The van der Waals surface area contributed by atoms with Crippen LogP contribution in [-0.4, -0.2) is 4.57 Å². The molecule has 0 saturated carbocycles. The van der Waals surface area contributed by atoms with Crippen LogP contribution in [0.5, 0.6) is 0 Å². The first kappa shape index (κ1) is 6.14. The van der Waals surface area contributed by atoms with E-state index in [1.807, 2.05) is 29.1 Å². The van der Waals surface area contributed by atoms with Crippen molar-refractivity contribution in [3.63, 3.8) is 0 Å². The molecule has 0 saturated heterocycles. The van der Waals surface area contributed by atoms with Crippen LogP contribution < -0.4 is 0 Å². The van der Waals surface area contributed by atoms with E-state index in [4.69, 9.17) is 0 Å². The van der Waals surface area contributed by atoms with Crippen LogP contribution in [0.1, 0.15) is 13.3 Å². The molecule has 0 amide bonds. The van der Waals surface area contributed by atoms with Crippen molar-refractivity contribution in [1.29, 1.82) is 0 Å². The number of hydrogen-bond acceptors (Lipinski definition) is 0. The lowest BCUT2D eigenvalue weighted by molar-refractivity contribution is 1.14. The van der Waals surface area contributed by atoms with E-state index in [1.54, 1.807) is 0 Å². The van der Waals surface area contributed by atoms with Gasteiger partial charge in [0.2, 0.25) is 0 Å². The molecule has 1 nitrogen and oxygen atoms in total. The molecule has 0 unspecified atom stereocenters. The van der Waals surface area contributed by atoms with Crippen LogP contribution in [0.4, 0.5) is 0 Å². The first-order chi connectivity index (χ1) is 4.43. The van der Waals surface area contributed by atoms with Crippen molar-refractivity contribution in [3.05, 3.63) is 30.6 Å². The standard InChI is InChI=1S/C8H11N/c1-2-3-6-9-7-4-5-8-9/h3-8H,2H2,1H3. The van der Waals surface area contributed by atoms with Gasteiger partial charge in [0.1, 0.15) is 0 Å². The Kier molecular flexibility index (Phi) is 2.13. The molecule has 1 aromatic heterocycles. The highest BCUT2D eigenvalue weighted by atomic mass is 14.9. The Balaban J connectivity index is 2.57. The van der Waals surface area contributed by atoms with Crippen molar-refractivity contribution in [2.24, 2.45) is 0 Å². The Morgan fingerprint density at radius 2 is 2.00 bits per heavy atom. The second kappa shape index (κ2) is 3.13. The van der Waals surface area contributed by atoms with Gasteiger partial charge in [0.15, 0.2) is 0 Å². The van der Waals surface area contributed by atoms with Crippen molar-refractivity contribution < 1.29 is 0 Å². The Morgan fingerprint density at radius 3 is 2.56 bits per heavy atom. The van der Waals surface area contributed by atoms with E-state index in [1.165, 1.54) is 0 Å². The van der Waals surface area contributed by atoms with Gasteiger partial charge < -0.3 is 4.57 Å². The summed E-state index contributed by atoms with van der Waals surface area (Å²) in [4.78, 5) is 0. The molecule has 1 aromatic rings. The summed E-state index contributed by atoms with van der Waals surface area (Å²) in [7, 11) is 0. The van der Waals surface area contributed by atoms with Gasteiger partial charge in [0.25, 0.3) is 0 Å². The van der Waals surface area contributed by atoms with Crippen LogP contribution in [0.25, 0.3) is 6.20 Å². The Hall–Kier alpha value is -0.980. The van der Waals surface area contributed by atoms with Crippen molar-refractivity contribution in [3.8, 4) is 0 Å². The summed E-state index contributed by atoms with van der Waals surface area (Å²) < 4.78 is 2.03. The van der Waals surface area contributed by atoms with Crippen LogP contribution in [0.15, 0.2) is 30.6 Å². The summed E-state index contributed by atoms with van der Waals surface area (Å²) in [5, 5.41) is 0.